The number of hydrogen-bond donors (Lipinski definition) is 0. The maximum atomic E-state index is 4.25. The molecule has 0 atom stereocenters. The van der Waals surface area contributed by atoms with Gasteiger partial charge in [0, 0.05) is 18.6 Å². The Morgan fingerprint density at radius 1 is 1.00 bits per heavy atom. The molecule has 0 unspecified atom stereocenters. The van der Waals surface area contributed by atoms with Crippen molar-refractivity contribution in [2.24, 2.45) is 4.99 Å². The van der Waals surface area contributed by atoms with Gasteiger partial charge in [-0.15, -0.1) is 0 Å². The molecule has 2 rings (SSSR count). The fourth-order valence-corrected chi connectivity index (χ4v) is 1.02. The van der Waals surface area contributed by atoms with E-state index >= 15 is 0 Å². The van der Waals surface area contributed by atoms with Gasteiger partial charge in [0.25, 0.3) is 0 Å². The lowest BCUT2D eigenvalue weighted by Crippen LogP contribution is -1.83. The second-order valence-electron chi connectivity index (χ2n) is 2.72. The SMILES string of the molecule is C(=N\c1ccncc1)/c1ccccn1. The van der Waals surface area contributed by atoms with Crippen LogP contribution in [0.25, 0.3) is 0 Å². The van der Waals surface area contributed by atoms with Crippen LogP contribution in [0.2, 0.25) is 0 Å². The third-order valence-corrected chi connectivity index (χ3v) is 1.70. The molecule has 0 spiro atoms. The van der Waals surface area contributed by atoms with Crippen LogP contribution in [0.4, 0.5) is 5.69 Å². The minimum Gasteiger partial charge on any atom is -0.265 e. The quantitative estimate of drug-likeness (QED) is 0.669. The molecule has 0 radical (unpaired) electrons. The third kappa shape index (κ3) is 2.23. The van der Waals surface area contributed by atoms with E-state index in [1.54, 1.807) is 24.8 Å². The molecule has 0 saturated heterocycles. The van der Waals surface area contributed by atoms with Gasteiger partial charge in [0.15, 0.2) is 0 Å². The zero-order valence-corrected chi connectivity index (χ0v) is 7.54. The lowest BCUT2D eigenvalue weighted by molar-refractivity contribution is 1.29. The Labute approximate surface area is 82.2 Å². The number of hydrogen-bond acceptors (Lipinski definition) is 3. The van der Waals surface area contributed by atoms with E-state index in [0.717, 1.165) is 11.4 Å². The summed E-state index contributed by atoms with van der Waals surface area (Å²) in [5, 5.41) is 0. The van der Waals surface area contributed by atoms with Crippen LogP contribution >= 0.6 is 0 Å². The van der Waals surface area contributed by atoms with Gasteiger partial charge in [0.05, 0.1) is 17.6 Å². The van der Waals surface area contributed by atoms with Crippen molar-refractivity contribution in [1.29, 1.82) is 0 Å². The summed E-state index contributed by atoms with van der Waals surface area (Å²) in [5.74, 6) is 0. The number of pyridine rings is 2. The minimum absolute atomic E-state index is 0.851. The van der Waals surface area contributed by atoms with Gasteiger partial charge in [-0.2, -0.15) is 0 Å². The monoisotopic (exact) mass is 183 g/mol. The van der Waals surface area contributed by atoms with Crippen molar-refractivity contribution >= 4 is 11.9 Å². The van der Waals surface area contributed by atoms with E-state index in [0.29, 0.717) is 0 Å². The van der Waals surface area contributed by atoms with Gasteiger partial charge in [-0.1, -0.05) is 6.07 Å². The van der Waals surface area contributed by atoms with Crippen LogP contribution in [0.15, 0.2) is 53.9 Å². The maximum Gasteiger partial charge on any atom is 0.0812 e. The smallest absolute Gasteiger partial charge is 0.0812 e. The summed E-state index contributed by atoms with van der Waals surface area (Å²) in [6.07, 6.45) is 6.90. The van der Waals surface area contributed by atoms with Gasteiger partial charge in [0.2, 0.25) is 0 Å². The molecule has 0 aromatic carbocycles. The van der Waals surface area contributed by atoms with Crippen molar-refractivity contribution in [3.63, 3.8) is 0 Å². The molecule has 3 heteroatoms. The Hall–Kier alpha value is -2.03. The summed E-state index contributed by atoms with van der Waals surface area (Å²) >= 11 is 0. The predicted octanol–water partition coefficient (Wildman–Crippen LogP) is 2.23. The zero-order chi connectivity index (χ0) is 9.64. The largest absolute Gasteiger partial charge is 0.265 e. The van der Waals surface area contributed by atoms with E-state index in [4.69, 9.17) is 0 Å². The molecule has 0 aliphatic heterocycles. The summed E-state index contributed by atoms with van der Waals surface area (Å²) in [5.41, 5.74) is 1.73. The first-order valence-electron chi connectivity index (χ1n) is 4.30. The van der Waals surface area contributed by atoms with E-state index in [1.807, 2.05) is 30.3 Å². The fraction of sp³-hybridized carbons (Fsp3) is 0. The summed E-state index contributed by atoms with van der Waals surface area (Å²) in [7, 11) is 0. The van der Waals surface area contributed by atoms with Crippen molar-refractivity contribution in [2.75, 3.05) is 0 Å². The van der Waals surface area contributed by atoms with Crippen LogP contribution < -0.4 is 0 Å². The third-order valence-electron chi connectivity index (χ3n) is 1.70. The standard InChI is InChI=1S/C11H9N3/c1-2-6-13-11(3-1)9-14-10-4-7-12-8-5-10/h1-9H/b14-9+. The van der Waals surface area contributed by atoms with Gasteiger partial charge in [0.1, 0.15) is 0 Å². The molecule has 68 valence electrons. The van der Waals surface area contributed by atoms with Crippen molar-refractivity contribution in [2.45, 2.75) is 0 Å². The second kappa shape index (κ2) is 4.28. The Morgan fingerprint density at radius 3 is 2.57 bits per heavy atom. The first kappa shape index (κ1) is 8.56. The first-order chi connectivity index (χ1) is 6.95. The lowest BCUT2D eigenvalue weighted by Gasteiger charge is -1.91. The molecule has 0 fully saturated rings. The van der Waals surface area contributed by atoms with E-state index < -0.39 is 0 Å². The summed E-state index contributed by atoms with van der Waals surface area (Å²) in [6, 6.07) is 9.41. The predicted molar refractivity (Wildman–Crippen MR) is 55.7 cm³/mol. The number of nitrogens with zero attached hydrogens (tertiary/aromatic N) is 3. The van der Waals surface area contributed by atoms with Crippen LogP contribution in [-0.4, -0.2) is 16.2 Å². The average Bonchev–Trinajstić information content (AvgIpc) is 2.29. The topological polar surface area (TPSA) is 38.1 Å². The molecule has 0 N–H and O–H groups in total. The molecule has 2 heterocycles. The number of rotatable bonds is 2. The van der Waals surface area contributed by atoms with Crippen molar-refractivity contribution < 1.29 is 0 Å². The van der Waals surface area contributed by atoms with Crippen molar-refractivity contribution in [1.82, 2.24) is 9.97 Å². The zero-order valence-electron chi connectivity index (χ0n) is 7.54. The van der Waals surface area contributed by atoms with Gasteiger partial charge in [-0.3, -0.25) is 15.0 Å². The fourth-order valence-electron chi connectivity index (χ4n) is 1.02. The number of aliphatic imine (C=N–C) groups is 1. The van der Waals surface area contributed by atoms with Crippen LogP contribution in [0.3, 0.4) is 0 Å². The lowest BCUT2D eigenvalue weighted by atomic mass is 10.4. The number of aromatic nitrogens is 2. The van der Waals surface area contributed by atoms with Crippen molar-refractivity contribution in [3.8, 4) is 0 Å². The normalized spacial score (nSPS) is 10.6. The minimum atomic E-state index is 0.851. The van der Waals surface area contributed by atoms with Crippen LogP contribution in [0.1, 0.15) is 5.69 Å². The molecule has 0 amide bonds. The highest BCUT2D eigenvalue weighted by Gasteiger charge is 1.86. The molecule has 0 aliphatic carbocycles. The molecule has 2 aromatic rings. The maximum absolute atomic E-state index is 4.25. The van der Waals surface area contributed by atoms with Gasteiger partial charge in [-0.25, -0.2) is 0 Å². The van der Waals surface area contributed by atoms with Crippen molar-refractivity contribution in [3.05, 3.63) is 54.6 Å². The van der Waals surface area contributed by atoms with Crippen LogP contribution in [-0.2, 0) is 0 Å². The molecule has 14 heavy (non-hydrogen) atoms. The van der Waals surface area contributed by atoms with E-state index in [2.05, 4.69) is 15.0 Å². The van der Waals surface area contributed by atoms with Crippen LogP contribution in [0.5, 0.6) is 0 Å². The Morgan fingerprint density at radius 2 is 1.86 bits per heavy atom. The molecule has 0 bridgehead atoms. The van der Waals surface area contributed by atoms with Crippen LogP contribution in [0, 0.1) is 0 Å². The van der Waals surface area contributed by atoms with Gasteiger partial charge < -0.3 is 0 Å². The van der Waals surface area contributed by atoms with E-state index in [1.165, 1.54) is 0 Å². The second-order valence-corrected chi connectivity index (χ2v) is 2.72. The Balaban J connectivity index is 2.16. The molecular weight excluding hydrogens is 174 g/mol. The van der Waals surface area contributed by atoms with Gasteiger partial charge >= 0.3 is 0 Å². The first-order valence-corrected chi connectivity index (χ1v) is 4.30. The molecule has 3 nitrogen and oxygen atoms in total. The van der Waals surface area contributed by atoms with E-state index in [9.17, 15) is 0 Å². The highest BCUT2D eigenvalue weighted by Crippen LogP contribution is 2.07. The summed E-state index contributed by atoms with van der Waals surface area (Å²) in [6.45, 7) is 0. The highest BCUT2D eigenvalue weighted by molar-refractivity contribution is 5.79. The average molecular weight is 183 g/mol. The molecule has 0 saturated carbocycles. The van der Waals surface area contributed by atoms with E-state index in [-0.39, 0.29) is 0 Å². The highest BCUT2D eigenvalue weighted by atomic mass is 14.8. The Kier molecular flexibility index (Phi) is 2.62. The van der Waals surface area contributed by atoms with Gasteiger partial charge in [-0.05, 0) is 24.3 Å². The molecule has 0 aliphatic rings. The molecule has 2 aromatic heterocycles. The summed E-state index contributed by atoms with van der Waals surface area (Å²) < 4.78 is 0. The Bertz CT molecular complexity index is 368. The molecular formula is C11H9N3. The summed E-state index contributed by atoms with van der Waals surface area (Å²) in [4.78, 5) is 12.3.